The van der Waals surface area contributed by atoms with Crippen LogP contribution in [-0.4, -0.2) is 22.3 Å². The highest BCUT2D eigenvalue weighted by Gasteiger charge is 2.08. The Hall–Kier alpha value is -1.10. The molecule has 0 aromatic carbocycles. The summed E-state index contributed by atoms with van der Waals surface area (Å²) < 4.78 is 5.38. The van der Waals surface area contributed by atoms with Gasteiger partial charge in [-0.1, -0.05) is 22.9 Å². The Morgan fingerprint density at radius 2 is 2.38 bits per heavy atom. The molecular weight excluding hydrogens is 272 g/mol. The number of nitrogens with one attached hydrogen (secondary N) is 1. The number of rotatable bonds is 5. The number of ether oxygens (including phenoxy) is 1. The molecule has 0 unspecified atom stereocenters. The van der Waals surface area contributed by atoms with Gasteiger partial charge in [-0.15, -0.1) is 0 Å². The van der Waals surface area contributed by atoms with Crippen molar-refractivity contribution in [1.29, 1.82) is 0 Å². The Balaban J connectivity index is 2.54. The van der Waals surface area contributed by atoms with Crippen LogP contribution in [0, 0.1) is 0 Å². The van der Waals surface area contributed by atoms with Crippen LogP contribution >= 0.6 is 15.9 Å². The predicted octanol–water partition coefficient (Wildman–Crippen LogP) is 2.59. The summed E-state index contributed by atoms with van der Waals surface area (Å²) in [5.41, 5.74) is 0. The number of anilines is 1. The molecule has 0 aliphatic rings. The molecule has 0 fully saturated rings. The van der Waals surface area contributed by atoms with Crippen molar-refractivity contribution in [1.82, 2.24) is 4.98 Å². The van der Waals surface area contributed by atoms with Crippen LogP contribution in [-0.2, 0) is 4.79 Å². The average molecular weight is 287 g/mol. The fraction of sp³-hybridized carbons (Fsp3) is 0.455. The first-order chi connectivity index (χ1) is 7.63. The summed E-state index contributed by atoms with van der Waals surface area (Å²) in [6, 6.07) is 3.51. The maximum absolute atomic E-state index is 11.3. The Morgan fingerprint density at radius 3 is 2.88 bits per heavy atom. The zero-order valence-electron chi connectivity index (χ0n) is 9.37. The van der Waals surface area contributed by atoms with Gasteiger partial charge in [0.2, 0.25) is 5.91 Å². The van der Waals surface area contributed by atoms with Crippen LogP contribution in [0.25, 0.3) is 0 Å². The lowest BCUT2D eigenvalue weighted by atomic mass is 10.4. The van der Waals surface area contributed by atoms with Gasteiger partial charge in [-0.05, 0) is 25.5 Å². The zero-order valence-corrected chi connectivity index (χ0v) is 11.0. The van der Waals surface area contributed by atoms with Crippen molar-refractivity contribution in [3.05, 3.63) is 18.3 Å². The molecule has 1 heterocycles. The van der Waals surface area contributed by atoms with E-state index in [0.717, 1.165) is 6.42 Å². The smallest absolute Gasteiger partial charge is 0.239 e. The number of carbonyl (C=O) groups excluding carboxylic acids is 1. The Kier molecular flexibility index (Phi) is 5.25. The lowest BCUT2D eigenvalue weighted by Crippen LogP contribution is -2.20. The molecule has 0 radical (unpaired) electrons. The van der Waals surface area contributed by atoms with Crippen molar-refractivity contribution < 1.29 is 9.53 Å². The van der Waals surface area contributed by atoms with E-state index in [0.29, 0.717) is 18.2 Å². The van der Waals surface area contributed by atoms with Crippen molar-refractivity contribution in [2.75, 3.05) is 11.9 Å². The summed E-state index contributed by atoms with van der Waals surface area (Å²) in [4.78, 5) is 15.2. The minimum absolute atomic E-state index is 0.116. The Bertz CT molecular complexity index is 338. The van der Waals surface area contributed by atoms with E-state index in [2.05, 4.69) is 26.2 Å². The summed E-state index contributed by atoms with van der Waals surface area (Å²) in [7, 11) is 0. The quantitative estimate of drug-likeness (QED) is 0.847. The number of amides is 1. The highest BCUT2D eigenvalue weighted by molar-refractivity contribution is 9.10. The lowest BCUT2D eigenvalue weighted by molar-refractivity contribution is -0.115. The van der Waals surface area contributed by atoms with Gasteiger partial charge in [-0.2, -0.15) is 0 Å². The summed E-state index contributed by atoms with van der Waals surface area (Å²) >= 11 is 3.18. The summed E-state index contributed by atoms with van der Waals surface area (Å²) in [6.45, 7) is 4.47. The Labute approximate surface area is 104 Å². The van der Waals surface area contributed by atoms with E-state index in [1.807, 2.05) is 6.92 Å². The van der Waals surface area contributed by atoms with Gasteiger partial charge < -0.3 is 10.1 Å². The van der Waals surface area contributed by atoms with E-state index in [-0.39, 0.29) is 10.7 Å². The van der Waals surface area contributed by atoms with Gasteiger partial charge in [0.25, 0.3) is 0 Å². The minimum Gasteiger partial charge on any atom is -0.492 e. The van der Waals surface area contributed by atoms with Gasteiger partial charge in [0.15, 0.2) is 0 Å². The molecule has 0 bridgehead atoms. The van der Waals surface area contributed by atoms with E-state index >= 15 is 0 Å². The van der Waals surface area contributed by atoms with E-state index in [4.69, 9.17) is 4.74 Å². The zero-order chi connectivity index (χ0) is 12.0. The molecule has 1 N–H and O–H groups in total. The first-order valence-electron chi connectivity index (χ1n) is 5.17. The SMILES string of the molecule is CCCOc1ccc(NC(=O)[C@@H](C)Br)nc1. The van der Waals surface area contributed by atoms with Crippen LogP contribution in [0.15, 0.2) is 18.3 Å². The number of carbonyl (C=O) groups is 1. The molecule has 1 aromatic rings. The van der Waals surface area contributed by atoms with Gasteiger partial charge in [-0.3, -0.25) is 4.79 Å². The maximum Gasteiger partial charge on any atom is 0.239 e. The van der Waals surface area contributed by atoms with Crippen LogP contribution in [0.1, 0.15) is 20.3 Å². The summed E-state index contributed by atoms with van der Waals surface area (Å²) in [5, 5.41) is 2.67. The molecule has 1 amide bonds. The molecule has 4 nitrogen and oxygen atoms in total. The van der Waals surface area contributed by atoms with Gasteiger partial charge in [0.1, 0.15) is 11.6 Å². The summed E-state index contributed by atoms with van der Waals surface area (Å²) in [5.74, 6) is 1.13. The second-order valence-electron chi connectivity index (χ2n) is 3.33. The van der Waals surface area contributed by atoms with Crippen molar-refractivity contribution in [2.24, 2.45) is 0 Å². The Morgan fingerprint density at radius 1 is 1.62 bits per heavy atom. The van der Waals surface area contributed by atoms with Gasteiger partial charge >= 0.3 is 0 Å². The molecule has 1 rings (SSSR count). The second kappa shape index (κ2) is 6.48. The standard InChI is InChI=1S/C11H15BrN2O2/c1-3-6-16-9-4-5-10(13-7-9)14-11(15)8(2)12/h4-5,7-8H,3,6H2,1-2H3,(H,13,14,15)/t8-/m1/s1. The van der Waals surface area contributed by atoms with Crippen molar-refractivity contribution in [3.8, 4) is 5.75 Å². The third kappa shape index (κ3) is 4.18. The third-order valence-corrected chi connectivity index (χ3v) is 2.24. The van der Waals surface area contributed by atoms with Crippen molar-refractivity contribution >= 4 is 27.7 Å². The number of aromatic nitrogens is 1. The number of alkyl halides is 1. The first-order valence-corrected chi connectivity index (χ1v) is 6.09. The van der Waals surface area contributed by atoms with Crippen LogP contribution < -0.4 is 10.1 Å². The number of nitrogens with zero attached hydrogens (tertiary/aromatic N) is 1. The topological polar surface area (TPSA) is 51.2 Å². The molecular formula is C11H15BrN2O2. The van der Waals surface area contributed by atoms with Crippen LogP contribution in [0.3, 0.4) is 0 Å². The van der Waals surface area contributed by atoms with E-state index in [1.54, 1.807) is 25.3 Å². The van der Waals surface area contributed by atoms with E-state index in [9.17, 15) is 4.79 Å². The molecule has 1 aromatic heterocycles. The molecule has 0 spiro atoms. The van der Waals surface area contributed by atoms with Gasteiger partial charge in [0, 0.05) is 0 Å². The normalized spacial score (nSPS) is 11.9. The molecule has 0 saturated heterocycles. The fourth-order valence-corrected chi connectivity index (χ4v) is 1.10. The predicted molar refractivity (Wildman–Crippen MR) is 67.0 cm³/mol. The van der Waals surface area contributed by atoms with E-state index < -0.39 is 0 Å². The number of hydrogen-bond donors (Lipinski definition) is 1. The number of pyridine rings is 1. The van der Waals surface area contributed by atoms with E-state index in [1.165, 1.54) is 0 Å². The molecule has 0 aliphatic carbocycles. The minimum atomic E-state index is -0.231. The van der Waals surface area contributed by atoms with Crippen LogP contribution in [0.5, 0.6) is 5.75 Å². The third-order valence-electron chi connectivity index (χ3n) is 1.82. The largest absolute Gasteiger partial charge is 0.492 e. The molecule has 0 aliphatic heterocycles. The molecule has 88 valence electrons. The van der Waals surface area contributed by atoms with Crippen molar-refractivity contribution in [2.45, 2.75) is 25.1 Å². The molecule has 1 atom stereocenters. The lowest BCUT2D eigenvalue weighted by Gasteiger charge is -2.07. The fourth-order valence-electron chi connectivity index (χ4n) is 0.985. The van der Waals surface area contributed by atoms with Crippen LogP contribution in [0.4, 0.5) is 5.82 Å². The molecule has 5 heteroatoms. The molecule has 16 heavy (non-hydrogen) atoms. The average Bonchev–Trinajstić information content (AvgIpc) is 2.28. The summed E-state index contributed by atoms with van der Waals surface area (Å²) in [6.07, 6.45) is 2.56. The van der Waals surface area contributed by atoms with Gasteiger partial charge in [0.05, 0.1) is 17.6 Å². The number of halogens is 1. The monoisotopic (exact) mass is 286 g/mol. The van der Waals surface area contributed by atoms with Crippen molar-refractivity contribution in [3.63, 3.8) is 0 Å². The maximum atomic E-state index is 11.3. The van der Waals surface area contributed by atoms with Gasteiger partial charge in [-0.25, -0.2) is 4.98 Å². The highest BCUT2D eigenvalue weighted by Crippen LogP contribution is 2.13. The number of hydrogen-bond acceptors (Lipinski definition) is 3. The highest BCUT2D eigenvalue weighted by atomic mass is 79.9. The second-order valence-corrected chi connectivity index (χ2v) is 4.71. The van der Waals surface area contributed by atoms with Crippen LogP contribution in [0.2, 0.25) is 0 Å². The molecule has 0 saturated carbocycles. The first kappa shape index (κ1) is 13.0.